The third-order valence-electron chi connectivity index (χ3n) is 2.65. The van der Waals surface area contributed by atoms with Crippen LogP contribution in [-0.4, -0.2) is 43.4 Å². The fourth-order valence-corrected chi connectivity index (χ4v) is 1.63. The molecule has 96 valence electrons. The molecule has 1 aliphatic rings. The van der Waals surface area contributed by atoms with E-state index in [-0.39, 0.29) is 6.23 Å². The Kier molecular flexibility index (Phi) is 4.50. The first kappa shape index (κ1) is 12.8. The van der Waals surface area contributed by atoms with Crippen molar-refractivity contribution >= 4 is 5.57 Å². The number of dihydropyridines is 1. The predicted molar refractivity (Wildman–Crippen MR) is 72.8 cm³/mol. The highest BCUT2D eigenvalue weighted by Gasteiger charge is 2.09. The highest BCUT2D eigenvalue weighted by atomic mass is 16.5. The van der Waals surface area contributed by atoms with Crippen LogP contribution in [0.25, 0.3) is 5.57 Å². The number of hydrogen-bond donors (Lipinski definition) is 1. The molecule has 4 heteroatoms. The van der Waals surface area contributed by atoms with Crippen molar-refractivity contribution in [3.8, 4) is 0 Å². The van der Waals surface area contributed by atoms with E-state index in [2.05, 4.69) is 15.2 Å². The van der Waals surface area contributed by atoms with Crippen LogP contribution in [0.2, 0.25) is 0 Å². The van der Waals surface area contributed by atoms with E-state index < -0.39 is 0 Å². The number of aromatic nitrogens is 1. The SMILES string of the molecule is CN(C)CCOC1C=CC(c2ccccn2)=CN1. The van der Waals surface area contributed by atoms with Gasteiger partial charge in [-0.25, -0.2) is 0 Å². The second-order valence-corrected chi connectivity index (χ2v) is 4.44. The Morgan fingerprint density at radius 3 is 2.89 bits per heavy atom. The fourth-order valence-electron chi connectivity index (χ4n) is 1.63. The van der Waals surface area contributed by atoms with Crippen LogP contribution in [0.1, 0.15) is 5.69 Å². The lowest BCUT2D eigenvalue weighted by Gasteiger charge is -2.20. The summed E-state index contributed by atoms with van der Waals surface area (Å²) in [4.78, 5) is 6.40. The summed E-state index contributed by atoms with van der Waals surface area (Å²) < 4.78 is 5.67. The van der Waals surface area contributed by atoms with Crippen LogP contribution >= 0.6 is 0 Å². The monoisotopic (exact) mass is 245 g/mol. The first-order valence-corrected chi connectivity index (χ1v) is 6.08. The van der Waals surface area contributed by atoms with Crippen molar-refractivity contribution in [3.05, 3.63) is 48.4 Å². The molecule has 1 N–H and O–H groups in total. The Morgan fingerprint density at radius 1 is 1.39 bits per heavy atom. The van der Waals surface area contributed by atoms with Crippen LogP contribution in [0.3, 0.4) is 0 Å². The Balaban J connectivity index is 1.84. The number of nitrogens with zero attached hydrogens (tertiary/aromatic N) is 2. The summed E-state index contributed by atoms with van der Waals surface area (Å²) in [6.07, 6.45) is 7.75. The molecule has 0 aromatic carbocycles. The fraction of sp³-hybridized carbons (Fsp3) is 0.357. The molecular weight excluding hydrogens is 226 g/mol. The number of rotatable bonds is 5. The first-order chi connectivity index (χ1) is 8.75. The van der Waals surface area contributed by atoms with Gasteiger partial charge in [0.25, 0.3) is 0 Å². The summed E-state index contributed by atoms with van der Waals surface area (Å²) in [5.74, 6) is 0. The molecule has 0 radical (unpaired) electrons. The molecular formula is C14H19N3O. The number of nitrogens with one attached hydrogen (secondary N) is 1. The maximum atomic E-state index is 5.67. The minimum atomic E-state index is -0.0441. The topological polar surface area (TPSA) is 37.4 Å². The Morgan fingerprint density at radius 2 is 2.28 bits per heavy atom. The van der Waals surface area contributed by atoms with Crippen molar-refractivity contribution in [3.63, 3.8) is 0 Å². The zero-order valence-electron chi connectivity index (χ0n) is 10.8. The lowest BCUT2D eigenvalue weighted by Crippen LogP contribution is -2.30. The normalized spacial score (nSPS) is 18.6. The molecule has 0 fully saturated rings. The van der Waals surface area contributed by atoms with Gasteiger partial charge in [0, 0.05) is 24.5 Å². The molecule has 1 aliphatic heterocycles. The second-order valence-electron chi connectivity index (χ2n) is 4.44. The molecule has 1 atom stereocenters. The van der Waals surface area contributed by atoms with Gasteiger partial charge >= 0.3 is 0 Å². The zero-order valence-corrected chi connectivity index (χ0v) is 10.8. The Hall–Kier alpha value is -1.65. The predicted octanol–water partition coefficient (Wildman–Crippen LogP) is 1.49. The van der Waals surface area contributed by atoms with Gasteiger partial charge < -0.3 is 15.0 Å². The van der Waals surface area contributed by atoms with Gasteiger partial charge in [-0.3, -0.25) is 4.98 Å². The van der Waals surface area contributed by atoms with E-state index in [1.807, 2.05) is 50.6 Å². The lowest BCUT2D eigenvalue weighted by molar-refractivity contribution is 0.0609. The quantitative estimate of drug-likeness (QED) is 0.853. The maximum absolute atomic E-state index is 5.67. The molecule has 0 amide bonds. The van der Waals surface area contributed by atoms with Gasteiger partial charge in [-0.2, -0.15) is 0 Å². The number of likely N-dealkylation sites (N-methyl/N-ethyl adjacent to an activating group) is 1. The van der Waals surface area contributed by atoms with E-state index in [1.165, 1.54) is 0 Å². The summed E-state index contributed by atoms with van der Waals surface area (Å²) in [5.41, 5.74) is 2.04. The average Bonchev–Trinajstić information content (AvgIpc) is 2.40. The van der Waals surface area contributed by atoms with E-state index in [1.54, 1.807) is 6.20 Å². The highest BCUT2D eigenvalue weighted by Crippen LogP contribution is 2.15. The van der Waals surface area contributed by atoms with Crippen LogP contribution in [0.5, 0.6) is 0 Å². The zero-order chi connectivity index (χ0) is 12.8. The number of pyridine rings is 1. The van der Waals surface area contributed by atoms with E-state index in [4.69, 9.17) is 4.74 Å². The molecule has 1 aromatic rings. The van der Waals surface area contributed by atoms with Gasteiger partial charge in [-0.1, -0.05) is 12.1 Å². The summed E-state index contributed by atoms with van der Waals surface area (Å²) in [5, 5.41) is 3.21. The van der Waals surface area contributed by atoms with Crippen LogP contribution in [-0.2, 0) is 4.74 Å². The summed E-state index contributed by atoms with van der Waals surface area (Å²) in [7, 11) is 4.07. The Labute approximate surface area is 108 Å². The molecule has 2 rings (SSSR count). The molecule has 0 saturated carbocycles. The molecule has 2 heterocycles. The van der Waals surface area contributed by atoms with Crippen molar-refractivity contribution in [2.45, 2.75) is 6.23 Å². The van der Waals surface area contributed by atoms with Crippen LogP contribution in [0.4, 0.5) is 0 Å². The second kappa shape index (κ2) is 6.33. The largest absolute Gasteiger partial charge is 0.362 e. The molecule has 18 heavy (non-hydrogen) atoms. The van der Waals surface area contributed by atoms with E-state index in [0.717, 1.165) is 17.8 Å². The summed E-state index contributed by atoms with van der Waals surface area (Å²) >= 11 is 0. The third kappa shape index (κ3) is 3.68. The molecule has 0 bridgehead atoms. The van der Waals surface area contributed by atoms with Crippen molar-refractivity contribution in [2.75, 3.05) is 27.2 Å². The average molecular weight is 245 g/mol. The smallest absolute Gasteiger partial charge is 0.146 e. The first-order valence-electron chi connectivity index (χ1n) is 6.08. The number of ether oxygens (including phenoxy) is 1. The molecule has 1 unspecified atom stereocenters. The van der Waals surface area contributed by atoms with Crippen LogP contribution in [0.15, 0.2) is 42.7 Å². The number of hydrogen-bond acceptors (Lipinski definition) is 4. The summed E-state index contributed by atoms with van der Waals surface area (Å²) in [6, 6.07) is 5.89. The third-order valence-corrected chi connectivity index (χ3v) is 2.65. The Bertz CT molecular complexity index is 426. The standard InChI is InChI=1S/C14H19N3O/c1-17(2)9-10-18-14-7-6-12(11-16-14)13-5-3-4-8-15-13/h3-8,11,14,16H,9-10H2,1-2H3. The summed E-state index contributed by atoms with van der Waals surface area (Å²) in [6.45, 7) is 1.63. The van der Waals surface area contributed by atoms with E-state index >= 15 is 0 Å². The van der Waals surface area contributed by atoms with Gasteiger partial charge in [0.2, 0.25) is 0 Å². The molecule has 4 nitrogen and oxygen atoms in total. The van der Waals surface area contributed by atoms with E-state index in [0.29, 0.717) is 6.61 Å². The molecule has 1 aromatic heterocycles. The van der Waals surface area contributed by atoms with Gasteiger partial charge in [0.15, 0.2) is 0 Å². The molecule has 0 aliphatic carbocycles. The molecule has 0 saturated heterocycles. The van der Waals surface area contributed by atoms with Gasteiger partial charge in [0.1, 0.15) is 6.23 Å². The lowest BCUT2D eigenvalue weighted by atomic mass is 10.1. The van der Waals surface area contributed by atoms with E-state index in [9.17, 15) is 0 Å². The van der Waals surface area contributed by atoms with Crippen molar-refractivity contribution in [1.82, 2.24) is 15.2 Å². The van der Waals surface area contributed by atoms with Crippen molar-refractivity contribution < 1.29 is 4.74 Å². The van der Waals surface area contributed by atoms with Crippen molar-refractivity contribution in [1.29, 1.82) is 0 Å². The van der Waals surface area contributed by atoms with Crippen LogP contribution < -0.4 is 5.32 Å². The highest BCUT2D eigenvalue weighted by molar-refractivity contribution is 5.72. The minimum absolute atomic E-state index is 0.0441. The minimum Gasteiger partial charge on any atom is -0.362 e. The van der Waals surface area contributed by atoms with Gasteiger partial charge in [-0.05, 0) is 32.3 Å². The maximum Gasteiger partial charge on any atom is 0.146 e. The van der Waals surface area contributed by atoms with Gasteiger partial charge in [-0.15, -0.1) is 0 Å². The van der Waals surface area contributed by atoms with Gasteiger partial charge in [0.05, 0.1) is 12.3 Å². The number of allylic oxidation sites excluding steroid dienone is 2. The molecule has 0 spiro atoms. The van der Waals surface area contributed by atoms with Crippen molar-refractivity contribution in [2.24, 2.45) is 0 Å². The van der Waals surface area contributed by atoms with Crippen LogP contribution in [0, 0.1) is 0 Å².